The molecule has 5 nitrogen and oxygen atoms in total. The molecule has 5 heteroatoms. The van der Waals surface area contributed by atoms with Crippen molar-refractivity contribution in [2.45, 2.75) is 19.3 Å². The Morgan fingerprint density at radius 2 is 2.07 bits per heavy atom. The minimum atomic E-state index is 0.0142. The van der Waals surface area contributed by atoms with Crippen LogP contribution in [0.4, 0.5) is 5.82 Å². The van der Waals surface area contributed by atoms with Crippen LogP contribution in [0.15, 0.2) is 6.20 Å². The topological polar surface area (TPSA) is 64.2 Å². The van der Waals surface area contributed by atoms with E-state index in [4.69, 9.17) is 5.73 Å². The lowest BCUT2D eigenvalue weighted by molar-refractivity contribution is 0.0725. The molecule has 1 aromatic heterocycles. The van der Waals surface area contributed by atoms with Gasteiger partial charge in [0.1, 0.15) is 5.56 Å². The number of piperidine rings is 1. The molecule has 1 saturated heterocycles. The smallest absolute Gasteiger partial charge is 0.259 e. The number of nitrogens with two attached hydrogens (primary N) is 1. The molecule has 0 bridgehead atoms. The lowest BCUT2D eigenvalue weighted by Crippen LogP contribution is -2.35. The van der Waals surface area contributed by atoms with Crippen molar-refractivity contribution < 1.29 is 4.79 Å². The molecule has 1 aliphatic heterocycles. The first-order valence-electron chi connectivity index (χ1n) is 5.27. The van der Waals surface area contributed by atoms with Crippen LogP contribution in [0.25, 0.3) is 0 Å². The van der Waals surface area contributed by atoms with E-state index in [1.807, 2.05) is 4.90 Å². The van der Waals surface area contributed by atoms with Crippen molar-refractivity contribution in [2.75, 3.05) is 18.8 Å². The number of hydrogen-bond donors (Lipinski definition) is 1. The van der Waals surface area contributed by atoms with Gasteiger partial charge in [-0.25, -0.2) is 0 Å². The number of aryl methyl sites for hydroxylation is 1. The Morgan fingerprint density at radius 3 is 2.60 bits per heavy atom. The Labute approximate surface area is 88.8 Å². The third-order valence-electron chi connectivity index (χ3n) is 2.73. The molecular weight excluding hydrogens is 192 g/mol. The van der Waals surface area contributed by atoms with Crippen LogP contribution in [0.2, 0.25) is 0 Å². The number of likely N-dealkylation sites (tertiary alicyclic amines) is 1. The summed E-state index contributed by atoms with van der Waals surface area (Å²) in [7, 11) is 1.77. The van der Waals surface area contributed by atoms with Crippen LogP contribution in [0.3, 0.4) is 0 Å². The predicted octanol–water partition coefficient (Wildman–Crippen LogP) is 0.628. The zero-order valence-electron chi connectivity index (χ0n) is 8.94. The van der Waals surface area contributed by atoms with Crippen LogP contribution in [-0.4, -0.2) is 33.7 Å². The van der Waals surface area contributed by atoms with Gasteiger partial charge in [0.05, 0.1) is 0 Å². The van der Waals surface area contributed by atoms with Gasteiger partial charge < -0.3 is 10.6 Å². The van der Waals surface area contributed by atoms with E-state index in [9.17, 15) is 4.79 Å². The van der Waals surface area contributed by atoms with Crippen molar-refractivity contribution in [1.29, 1.82) is 0 Å². The number of amides is 1. The molecule has 0 saturated carbocycles. The summed E-state index contributed by atoms with van der Waals surface area (Å²) in [6.07, 6.45) is 5.08. The normalized spacial score (nSPS) is 16.7. The summed E-state index contributed by atoms with van der Waals surface area (Å²) >= 11 is 0. The van der Waals surface area contributed by atoms with Crippen LogP contribution in [0.5, 0.6) is 0 Å². The summed E-state index contributed by atoms with van der Waals surface area (Å²) in [5, 5.41) is 3.97. The number of carbonyl (C=O) groups is 1. The van der Waals surface area contributed by atoms with Crippen molar-refractivity contribution in [3.63, 3.8) is 0 Å². The molecule has 0 radical (unpaired) electrons. The fourth-order valence-electron chi connectivity index (χ4n) is 1.94. The maximum Gasteiger partial charge on any atom is 0.259 e. The zero-order chi connectivity index (χ0) is 10.8. The second-order valence-corrected chi connectivity index (χ2v) is 3.95. The zero-order valence-corrected chi connectivity index (χ0v) is 8.94. The maximum absolute atomic E-state index is 12.0. The van der Waals surface area contributed by atoms with Gasteiger partial charge in [-0.3, -0.25) is 9.48 Å². The Balaban J connectivity index is 2.16. The van der Waals surface area contributed by atoms with E-state index in [-0.39, 0.29) is 5.91 Å². The van der Waals surface area contributed by atoms with E-state index >= 15 is 0 Å². The number of hydrogen-bond acceptors (Lipinski definition) is 3. The lowest BCUT2D eigenvalue weighted by Gasteiger charge is -2.26. The maximum atomic E-state index is 12.0. The molecule has 2 heterocycles. The molecule has 0 spiro atoms. The highest BCUT2D eigenvalue weighted by Crippen LogP contribution is 2.16. The third-order valence-corrected chi connectivity index (χ3v) is 2.73. The highest BCUT2D eigenvalue weighted by Gasteiger charge is 2.21. The van der Waals surface area contributed by atoms with Gasteiger partial charge in [-0.05, 0) is 19.3 Å². The van der Waals surface area contributed by atoms with E-state index in [2.05, 4.69) is 5.10 Å². The van der Waals surface area contributed by atoms with E-state index in [0.29, 0.717) is 11.4 Å². The molecule has 0 unspecified atom stereocenters. The minimum absolute atomic E-state index is 0.0142. The van der Waals surface area contributed by atoms with Crippen LogP contribution >= 0.6 is 0 Å². The third kappa shape index (κ3) is 1.95. The molecule has 1 amide bonds. The molecule has 0 aromatic carbocycles. The summed E-state index contributed by atoms with van der Waals surface area (Å²) in [5.74, 6) is 0.341. The fraction of sp³-hybridized carbons (Fsp3) is 0.600. The Bertz CT molecular complexity index is 365. The second-order valence-electron chi connectivity index (χ2n) is 3.95. The number of rotatable bonds is 1. The number of carbonyl (C=O) groups excluding carboxylic acids is 1. The van der Waals surface area contributed by atoms with Gasteiger partial charge in [0.2, 0.25) is 0 Å². The number of nitrogens with zero attached hydrogens (tertiary/aromatic N) is 3. The lowest BCUT2D eigenvalue weighted by atomic mass is 10.1. The minimum Gasteiger partial charge on any atom is -0.382 e. The predicted molar refractivity (Wildman–Crippen MR) is 57.4 cm³/mol. The van der Waals surface area contributed by atoms with Crippen molar-refractivity contribution in [2.24, 2.45) is 7.05 Å². The first-order valence-corrected chi connectivity index (χ1v) is 5.27. The number of aromatic nitrogens is 2. The molecule has 82 valence electrons. The van der Waals surface area contributed by atoms with Gasteiger partial charge in [-0.1, -0.05) is 0 Å². The summed E-state index contributed by atoms with van der Waals surface area (Å²) in [5.41, 5.74) is 6.20. The molecule has 0 atom stereocenters. The summed E-state index contributed by atoms with van der Waals surface area (Å²) < 4.78 is 1.58. The molecule has 2 N–H and O–H groups in total. The highest BCUT2D eigenvalue weighted by atomic mass is 16.2. The van der Waals surface area contributed by atoms with Gasteiger partial charge in [-0.15, -0.1) is 0 Å². The first kappa shape index (κ1) is 10.0. The average Bonchev–Trinajstić information content (AvgIpc) is 2.58. The molecule has 1 fully saturated rings. The largest absolute Gasteiger partial charge is 0.382 e. The molecule has 2 rings (SSSR count). The summed E-state index contributed by atoms with van der Waals surface area (Å²) in [4.78, 5) is 13.9. The standard InChI is InChI=1S/C10H16N4O/c1-13-7-8(9(11)12-13)10(15)14-5-3-2-4-6-14/h7H,2-6H2,1H3,(H2,11,12). The van der Waals surface area contributed by atoms with Crippen LogP contribution in [-0.2, 0) is 7.05 Å². The molecule has 1 aromatic rings. The molecular formula is C10H16N4O. The number of anilines is 1. The highest BCUT2D eigenvalue weighted by molar-refractivity contribution is 5.98. The fourth-order valence-corrected chi connectivity index (χ4v) is 1.94. The monoisotopic (exact) mass is 208 g/mol. The summed E-state index contributed by atoms with van der Waals surface area (Å²) in [6, 6.07) is 0. The molecule has 0 aliphatic carbocycles. The van der Waals surface area contributed by atoms with E-state index in [0.717, 1.165) is 25.9 Å². The average molecular weight is 208 g/mol. The Morgan fingerprint density at radius 1 is 1.40 bits per heavy atom. The van der Waals surface area contributed by atoms with Crippen LogP contribution < -0.4 is 5.73 Å². The quantitative estimate of drug-likeness (QED) is 0.736. The van der Waals surface area contributed by atoms with Crippen LogP contribution in [0, 0.1) is 0 Å². The van der Waals surface area contributed by atoms with Gasteiger partial charge in [-0.2, -0.15) is 5.10 Å². The Kier molecular flexibility index (Phi) is 2.62. The van der Waals surface area contributed by atoms with Crippen molar-refractivity contribution in [1.82, 2.24) is 14.7 Å². The van der Waals surface area contributed by atoms with Crippen molar-refractivity contribution in [3.05, 3.63) is 11.8 Å². The van der Waals surface area contributed by atoms with Crippen LogP contribution in [0.1, 0.15) is 29.6 Å². The van der Waals surface area contributed by atoms with Crippen molar-refractivity contribution in [3.8, 4) is 0 Å². The van der Waals surface area contributed by atoms with Crippen molar-refractivity contribution >= 4 is 11.7 Å². The van der Waals surface area contributed by atoms with E-state index < -0.39 is 0 Å². The van der Waals surface area contributed by atoms with Gasteiger partial charge in [0.15, 0.2) is 5.82 Å². The van der Waals surface area contributed by atoms with Gasteiger partial charge >= 0.3 is 0 Å². The van der Waals surface area contributed by atoms with E-state index in [1.165, 1.54) is 6.42 Å². The SMILES string of the molecule is Cn1cc(C(=O)N2CCCCC2)c(N)n1. The van der Waals surface area contributed by atoms with Gasteiger partial charge in [0, 0.05) is 26.3 Å². The number of nitrogen functional groups attached to an aromatic ring is 1. The van der Waals surface area contributed by atoms with E-state index in [1.54, 1.807) is 17.9 Å². The first-order chi connectivity index (χ1) is 7.18. The molecule has 1 aliphatic rings. The van der Waals surface area contributed by atoms with Gasteiger partial charge in [0.25, 0.3) is 5.91 Å². The second kappa shape index (κ2) is 3.92. The summed E-state index contributed by atoms with van der Waals surface area (Å²) in [6.45, 7) is 1.68. The molecule has 15 heavy (non-hydrogen) atoms. The Hall–Kier alpha value is -1.52.